The van der Waals surface area contributed by atoms with E-state index >= 15 is 0 Å². The summed E-state index contributed by atoms with van der Waals surface area (Å²) < 4.78 is 244. The molecule has 0 fully saturated rings. The number of methoxy groups -OCH3 is 1. The lowest BCUT2D eigenvalue weighted by atomic mass is 9.88. The summed E-state index contributed by atoms with van der Waals surface area (Å²) in [5.41, 5.74) is 0.636. The summed E-state index contributed by atoms with van der Waals surface area (Å²) in [7, 11) is 1.31. The summed E-state index contributed by atoms with van der Waals surface area (Å²) in [5, 5.41) is 27.0. The van der Waals surface area contributed by atoms with Crippen LogP contribution >= 0.6 is 23.5 Å². The van der Waals surface area contributed by atoms with Crippen LogP contribution in [0.1, 0.15) is 68.7 Å². The largest absolute Gasteiger partial charge is 0.478 e. The van der Waals surface area contributed by atoms with E-state index in [2.05, 4.69) is 33.9 Å². The fraction of sp³-hybridized carbons (Fsp3) is 0.698. The Morgan fingerprint density at radius 3 is 1.11 bits per heavy atom. The van der Waals surface area contributed by atoms with E-state index < -0.39 is 133 Å². The van der Waals surface area contributed by atoms with Gasteiger partial charge in [-0.2, -0.15) is 74.6 Å². The Morgan fingerprint density at radius 1 is 0.513 bits per heavy atom. The van der Waals surface area contributed by atoms with Gasteiger partial charge in [-0.1, -0.05) is 48.4 Å². The third kappa shape index (κ3) is 23.5. The molecule has 33 heteroatoms. The number of rotatable bonds is 30. The lowest BCUT2D eigenvalue weighted by Gasteiger charge is -2.42. The Hall–Kier alpha value is -4.66. The monoisotopic (exact) mass is 1190 g/mol. The smallest absolute Gasteiger partial charge is 0.460 e. The number of carbonyl (C=O) groups excluding carboxylic acids is 6. The Kier molecular flexibility index (Phi) is 34.8. The molecule has 0 rings (SSSR count). The van der Waals surface area contributed by atoms with Gasteiger partial charge < -0.3 is 34.3 Å². The fourth-order valence-corrected chi connectivity index (χ4v) is 5.82. The molecular formula is C43H59F17O14S2. The first kappa shape index (κ1) is 80.2. The zero-order chi connectivity index (χ0) is 59.4. The van der Waals surface area contributed by atoms with Crippen molar-refractivity contribution in [3.8, 4) is 0 Å². The maximum atomic E-state index is 13.9. The van der Waals surface area contributed by atoms with Gasteiger partial charge in [0.15, 0.2) is 11.6 Å². The molecule has 3 N–H and O–H groups in total. The highest BCUT2D eigenvalue weighted by molar-refractivity contribution is 8.00. The van der Waals surface area contributed by atoms with Crippen molar-refractivity contribution in [2.24, 2.45) is 11.8 Å². The molecule has 0 aromatic heterocycles. The van der Waals surface area contributed by atoms with Crippen molar-refractivity contribution in [3.63, 3.8) is 0 Å². The molecule has 14 nitrogen and oxygen atoms in total. The molecule has 0 aromatic rings. The quantitative estimate of drug-likeness (QED) is 0.0264. The second kappa shape index (κ2) is 32.9. The molecule has 0 heterocycles. The van der Waals surface area contributed by atoms with Crippen LogP contribution < -0.4 is 0 Å². The van der Waals surface area contributed by atoms with E-state index in [-0.39, 0.29) is 62.5 Å². The highest BCUT2D eigenvalue weighted by atomic mass is 32.2. The summed E-state index contributed by atoms with van der Waals surface area (Å²) in [4.78, 5) is 78.3. The first-order valence-electron chi connectivity index (χ1n) is 20.1. The number of alkyl halides is 17. The van der Waals surface area contributed by atoms with Crippen LogP contribution in [0.4, 0.5) is 74.6 Å². The first-order valence-corrected chi connectivity index (χ1v) is 22.4. The predicted molar refractivity (Wildman–Crippen MR) is 240 cm³/mol. The summed E-state index contributed by atoms with van der Waals surface area (Å²) >= 11 is 1.83. The van der Waals surface area contributed by atoms with Gasteiger partial charge in [0.2, 0.25) is 0 Å². The standard InChI is InChI=1S/C23H23F17O6S.C14H22O6S.C4H6O2.2CH4/c1-10(2)13(42)6-12(41)7-46-14(43)9-47-8-11(3)15(44)45-5-4-16(24,25)17(26,27)18(28,29)19(30,31)20(32,33)21(34,35)22(36,37)23(38,39)40;1-9(2)12(16)5-11(15)6-20-13(17)8-21-7-10(3)14(18)19-4;1-3(2)4(5)6;;/h11-12,41H,1,4-9H2,2-3H3;10-11,15H,1,5-8H2,2-4H3;1H2,2H3,(H,5,6);2*1H4. The number of carboxylic acid groups (broad SMARTS) is 1. The van der Waals surface area contributed by atoms with E-state index in [1.54, 1.807) is 13.8 Å². The lowest BCUT2D eigenvalue weighted by molar-refractivity contribution is -0.461. The number of allylic oxidation sites excluding steroid dienone is 2. The Balaban J connectivity index is -0.000000478. The normalized spacial score (nSPS) is 13.9. The number of halogens is 17. The molecule has 0 aromatic carbocycles. The number of carboxylic acids is 1. The number of hydrogen-bond donors (Lipinski definition) is 3. The molecular weight excluding hydrogens is 1130 g/mol. The topological polar surface area (TPSA) is 217 Å². The minimum Gasteiger partial charge on any atom is -0.478 e. The Bertz CT molecular complexity index is 1960. The van der Waals surface area contributed by atoms with Crippen molar-refractivity contribution in [2.75, 3.05) is 49.9 Å². The van der Waals surface area contributed by atoms with Crippen LogP contribution in [-0.2, 0) is 52.5 Å². The van der Waals surface area contributed by atoms with Crippen molar-refractivity contribution < 1.29 is 142 Å². The fourth-order valence-electron chi connectivity index (χ4n) is 4.11. The van der Waals surface area contributed by atoms with E-state index in [0.717, 1.165) is 6.92 Å². The number of carbonyl (C=O) groups is 7. The van der Waals surface area contributed by atoms with Crippen LogP contribution in [0.3, 0.4) is 0 Å². The molecule has 4 unspecified atom stereocenters. The molecule has 0 saturated carbocycles. The molecule has 76 heavy (non-hydrogen) atoms. The number of esters is 4. The number of aliphatic hydroxyl groups excluding tert-OH is 2. The summed E-state index contributed by atoms with van der Waals surface area (Å²) in [6.07, 6.45) is -13.8. The van der Waals surface area contributed by atoms with Gasteiger partial charge >= 0.3 is 77.5 Å². The van der Waals surface area contributed by atoms with Crippen molar-refractivity contribution in [3.05, 3.63) is 36.5 Å². The first-order chi connectivity index (χ1) is 33.1. The third-order valence-electron chi connectivity index (χ3n) is 8.66. The molecule has 0 aliphatic carbocycles. The van der Waals surface area contributed by atoms with Crippen molar-refractivity contribution in [1.29, 1.82) is 0 Å². The number of aliphatic hydroxyl groups is 2. The van der Waals surface area contributed by atoms with Crippen molar-refractivity contribution in [1.82, 2.24) is 0 Å². The van der Waals surface area contributed by atoms with Crippen LogP contribution in [0.15, 0.2) is 36.5 Å². The van der Waals surface area contributed by atoms with E-state index in [9.17, 15) is 118 Å². The minimum absolute atomic E-state index is 0. The summed E-state index contributed by atoms with van der Waals surface area (Å²) in [6.45, 7) is 14.0. The number of ether oxygens (including phenoxy) is 4. The maximum Gasteiger partial charge on any atom is 0.460 e. The minimum atomic E-state index is -8.74. The van der Waals surface area contributed by atoms with Crippen LogP contribution in [0.5, 0.6) is 0 Å². The van der Waals surface area contributed by atoms with E-state index in [1.165, 1.54) is 32.7 Å². The van der Waals surface area contributed by atoms with Crippen LogP contribution in [0.2, 0.25) is 0 Å². The maximum absolute atomic E-state index is 13.9. The van der Waals surface area contributed by atoms with Gasteiger partial charge in [-0.05, 0) is 31.9 Å². The number of aliphatic carboxylic acids is 1. The highest BCUT2D eigenvalue weighted by Gasteiger charge is 2.95. The molecule has 0 radical (unpaired) electrons. The third-order valence-corrected chi connectivity index (χ3v) is 11.0. The van der Waals surface area contributed by atoms with Crippen LogP contribution in [-0.4, -0.2) is 167 Å². The highest BCUT2D eigenvalue weighted by Crippen LogP contribution is 2.64. The summed E-state index contributed by atoms with van der Waals surface area (Å²) in [5.74, 6) is -64.7. The van der Waals surface area contributed by atoms with E-state index in [4.69, 9.17) is 9.84 Å². The van der Waals surface area contributed by atoms with Gasteiger partial charge in [0, 0.05) is 29.9 Å². The van der Waals surface area contributed by atoms with Gasteiger partial charge in [0.1, 0.15) is 13.2 Å². The average Bonchev–Trinajstić information content (AvgIpc) is 3.26. The van der Waals surface area contributed by atoms with Gasteiger partial charge in [0.25, 0.3) is 0 Å². The molecule has 0 aliphatic rings. The molecule has 0 amide bonds. The SMILES string of the molecule is C.C.C=C(C)C(=O)CC(O)COC(=O)CSCC(C)C(=O)OC.C=C(C)C(=O)CC(O)COC(=O)CSCC(C)C(=O)OCCC(F)(F)C(F)(F)C(F)(F)C(F)(F)C(F)(F)C(F)(F)C(F)(F)C(F)(F)F.C=C(C)C(=O)O. The lowest BCUT2D eigenvalue weighted by Crippen LogP contribution is -2.74. The molecule has 0 aliphatic heterocycles. The number of ketones is 2. The predicted octanol–water partition coefficient (Wildman–Crippen LogP) is 9.63. The van der Waals surface area contributed by atoms with E-state index in [0.29, 0.717) is 23.1 Å². The average molecular weight is 1190 g/mol. The second-order valence-electron chi connectivity index (χ2n) is 15.5. The molecule has 0 spiro atoms. The van der Waals surface area contributed by atoms with Gasteiger partial charge in [-0.25, -0.2) is 4.79 Å². The van der Waals surface area contributed by atoms with Crippen LogP contribution in [0, 0.1) is 11.8 Å². The van der Waals surface area contributed by atoms with Gasteiger partial charge in [-0.15, -0.1) is 23.5 Å². The number of Topliss-reactive ketones (excluding diaryl/α,β-unsaturated/α-hetero) is 2. The Morgan fingerprint density at radius 2 is 0.816 bits per heavy atom. The van der Waals surface area contributed by atoms with Crippen molar-refractivity contribution >= 4 is 64.9 Å². The second-order valence-corrected chi connectivity index (χ2v) is 17.6. The summed E-state index contributed by atoms with van der Waals surface area (Å²) in [6, 6.07) is 0. The molecule has 0 bridgehead atoms. The molecule has 4 atom stereocenters. The molecule has 0 saturated heterocycles. The van der Waals surface area contributed by atoms with Gasteiger partial charge in [-0.3, -0.25) is 28.8 Å². The molecule has 446 valence electrons. The number of hydrogen-bond acceptors (Lipinski definition) is 15. The Labute approximate surface area is 433 Å². The number of thioether (sulfide) groups is 2. The zero-order valence-electron chi connectivity index (χ0n) is 39.6. The van der Waals surface area contributed by atoms with Crippen molar-refractivity contribution in [2.45, 2.75) is 129 Å². The van der Waals surface area contributed by atoms with Crippen LogP contribution in [0.25, 0.3) is 0 Å². The zero-order valence-corrected chi connectivity index (χ0v) is 41.2. The van der Waals surface area contributed by atoms with E-state index in [1.807, 2.05) is 0 Å². The van der Waals surface area contributed by atoms with Gasteiger partial charge in [0.05, 0.1) is 55.7 Å².